The Morgan fingerprint density at radius 3 is 2.38 bits per heavy atom. The van der Waals surface area contributed by atoms with Crippen LogP contribution in [0.25, 0.3) is 10.8 Å². The molecule has 0 spiro atoms. The summed E-state index contributed by atoms with van der Waals surface area (Å²) in [5.74, 6) is -0.921. The van der Waals surface area contributed by atoms with Crippen LogP contribution in [0, 0.1) is 6.92 Å². The highest BCUT2D eigenvalue weighted by Crippen LogP contribution is 2.27. The fraction of sp³-hybridized carbons (Fsp3) is 0.148. The molecule has 0 saturated heterocycles. The van der Waals surface area contributed by atoms with Crippen LogP contribution < -0.4 is 21.3 Å². The summed E-state index contributed by atoms with van der Waals surface area (Å²) < 4.78 is 1.14. The number of carbonyl (C=O) groups excluding carboxylic acids is 1. The van der Waals surface area contributed by atoms with Crippen LogP contribution in [0.15, 0.2) is 75.2 Å². The van der Waals surface area contributed by atoms with E-state index in [2.05, 4.69) is 15.3 Å². The van der Waals surface area contributed by atoms with Gasteiger partial charge in [0.05, 0.1) is 27.2 Å². The first kappa shape index (κ1) is 26.1. The van der Waals surface area contributed by atoms with E-state index in [0.29, 0.717) is 10.7 Å². The summed E-state index contributed by atoms with van der Waals surface area (Å²) in [6.07, 6.45) is 0. The number of aliphatic imine (C=N–C) groups is 1. The lowest BCUT2D eigenvalue weighted by atomic mass is 10.1. The fourth-order valence-corrected chi connectivity index (χ4v) is 4.05. The van der Waals surface area contributed by atoms with Crippen LogP contribution in [-0.4, -0.2) is 35.3 Å². The molecule has 0 fully saturated rings. The molecule has 4 rings (SSSR count). The standard InChI is InChI=1S/C27H23Cl2N5O3/c1-15-13-17(33(2)3)10-12-21(15)30-23(26(36)31-22-14-16(28)9-11-20(22)29)24-32-25(35)18-7-5-6-8-19(18)27(37)34(24)4/h5-14H,1-4H3,(H,31,36)/b30-23-. The quantitative estimate of drug-likeness (QED) is 0.372. The highest BCUT2D eigenvalue weighted by molar-refractivity contribution is 6.49. The summed E-state index contributed by atoms with van der Waals surface area (Å²) >= 11 is 12.3. The lowest BCUT2D eigenvalue weighted by Crippen LogP contribution is -2.31. The van der Waals surface area contributed by atoms with E-state index in [9.17, 15) is 14.4 Å². The molecule has 4 aromatic rings. The first-order chi connectivity index (χ1) is 17.6. The van der Waals surface area contributed by atoms with Gasteiger partial charge < -0.3 is 10.2 Å². The summed E-state index contributed by atoms with van der Waals surface area (Å²) in [5.41, 5.74) is 1.02. The first-order valence-corrected chi connectivity index (χ1v) is 12.0. The third kappa shape index (κ3) is 5.40. The highest BCUT2D eigenvalue weighted by atomic mass is 35.5. The van der Waals surface area contributed by atoms with Gasteiger partial charge in [-0.1, -0.05) is 35.3 Å². The van der Waals surface area contributed by atoms with Crippen molar-refractivity contribution in [2.75, 3.05) is 24.3 Å². The predicted molar refractivity (Wildman–Crippen MR) is 150 cm³/mol. The Labute approximate surface area is 222 Å². The van der Waals surface area contributed by atoms with Gasteiger partial charge in [0, 0.05) is 31.9 Å². The molecular weight excluding hydrogens is 513 g/mol. The minimum absolute atomic E-state index is 0.138. The van der Waals surface area contributed by atoms with Crippen molar-refractivity contribution < 1.29 is 4.79 Å². The predicted octanol–water partition coefficient (Wildman–Crippen LogP) is 4.73. The van der Waals surface area contributed by atoms with Crippen LogP contribution in [0.4, 0.5) is 17.1 Å². The van der Waals surface area contributed by atoms with Crippen molar-refractivity contribution in [3.8, 4) is 0 Å². The maximum Gasteiger partial charge on any atom is 0.279 e. The number of hydrogen-bond acceptors (Lipinski definition) is 6. The van der Waals surface area contributed by atoms with Gasteiger partial charge in [-0.25, -0.2) is 4.99 Å². The summed E-state index contributed by atoms with van der Waals surface area (Å²) in [6, 6.07) is 16.5. The molecule has 0 atom stereocenters. The van der Waals surface area contributed by atoms with E-state index in [4.69, 9.17) is 23.2 Å². The molecule has 0 aliphatic carbocycles. The second kappa shape index (κ2) is 10.5. The second-order valence-electron chi connectivity index (χ2n) is 8.55. The van der Waals surface area contributed by atoms with Gasteiger partial charge in [0.25, 0.3) is 17.0 Å². The van der Waals surface area contributed by atoms with E-state index in [1.807, 2.05) is 38.1 Å². The van der Waals surface area contributed by atoms with E-state index >= 15 is 0 Å². The Hall–Kier alpha value is -4.01. The lowest BCUT2D eigenvalue weighted by molar-refractivity contribution is -0.110. The fourth-order valence-electron chi connectivity index (χ4n) is 3.72. The van der Waals surface area contributed by atoms with E-state index in [1.54, 1.807) is 30.3 Å². The number of amides is 1. The van der Waals surface area contributed by atoms with Gasteiger partial charge in [0.15, 0.2) is 11.5 Å². The molecule has 0 saturated carbocycles. The number of hydrogen-bond donors (Lipinski definition) is 1. The van der Waals surface area contributed by atoms with Crippen molar-refractivity contribution in [1.82, 2.24) is 9.55 Å². The third-order valence-corrected chi connectivity index (χ3v) is 6.31. The molecular formula is C27H23Cl2N5O3. The third-order valence-electron chi connectivity index (χ3n) is 5.75. The molecule has 1 amide bonds. The van der Waals surface area contributed by atoms with Gasteiger partial charge >= 0.3 is 0 Å². The zero-order valence-corrected chi connectivity index (χ0v) is 22.1. The monoisotopic (exact) mass is 535 g/mol. The molecule has 37 heavy (non-hydrogen) atoms. The van der Waals surface area contributed by atoms with Crippen LogP contribution in [0.2, 0.25) is 10.0 Å². The average molecular weight is 536 g/mol. The van der Waals surface area contributed by atoms with Crippen LogP contribution in [0.3, 0.4) is 0 Å². The second-order valence-corrected chi connectivity index (χ2v) is 9.40. The van der Waals surface area contributed by atoms with Gasteiger partial charge in [-0.3, -0.25) is 19.0 Å². The van der Waals surface area contributed by atoms with Gasteiger partial charge in [-0.15, -0.1) is 0 Å². The number of halogens is 2. The Morgan fingerprint density at radius 1 is 1.00 bits per heavy atom. The summed E-state index contributed by atoms with van der Waals surface area (Å²) in [5, 5.41) is 3.61. The molecule has 0 aliphatic rings. The van der Waals surface area contributed by atoms with Crippen LogP contribution in [0.1, 0.15) is 11.4 Å². The number of rotatable bonds is 5. The van der Waals surface area contributed by atoms with E-state index in [1.165, 1.54) is 25.2 Å². The maximum absolute atomic E-state index is 13.6. The molecule has 1 N–H and O–H groups in total. The minimum atomic E-state index is -0.725. The average Bonchev–Trinajstić information content (AvgIpc) is 2.96. The van der Waals surface area contributed by atoms with Crippen LogP contribution in [-0.2, 0) is 11.8 Å². The topological polar surface area (TPSA) is 96.7 Å². The smallest absolute Gasteiger partial charge is 0.279 e. The molecule has 188 valence electrons. The molecule has 0 radical (unpaired) electrons. The number of carbonyl (C=O) groups is 1. The van der Waals surface area contributed by atoms with Crippen LogP contribution in [0.5, 0.6) is 0 Å². The lowest BCUT2D eigenvalue weighted by Gasteiger charge is -2.15. The number of fused-ring (bicyclic) bond motifs is 1. The van der Waals surface area contributed by atoms with Crippen molar-refractivity contribution in [2.24, 2.45) is 12.0 Å². The number of nitrogens with zero attached hydrogens (tertiary/aromatic N) is 4. The van der Waals surface area contributed by atoms with Crippen molar-refractivity contribution >= 4 is 62.7 Å². The first-order valence-electron chi connectivity index (χ1n) is 11.2. The Bertz CT molecular complexity index is 1700. The summed E-state index contributed by atoms with van der Waals surface area (Å²) in [7, 11) is 5.26. The molecule has 10 heteroatoms. The number of anilines is 2. The van der Waals surface area contributed by atoms with Crippen molar-refractivity contribution in [3.63, 3.8) is 0 Å². The van der Waals surface area contributed by atoms with Crippen LogP contribution >= 0.6 is 23.2 Å². The van der Waals surface area contributed by atoms with Gasteiger partial charge in [-0.05, 0) is 61.0 Å². The highest BCUT2D eigenvalue weighted by Gasteiger charge is 2.22. The van der Waals surface area contributed by atoms with Gasteiger partial charge in [-0.2, -0.15) is 4.98 Å². The molecule has 1 heterocycles. The molecule has 0 unspecified atom stereocenters. The molecule has 1 aromatic heterocycles. The summed E-state index contributed by atoms with van der Waals surface area (Å²) in [4.78, 5) is 50.6. The Morgan fingerprint density at radius 2 is 1.70 bits per heavy atom. The van der Waals surface area contributed by atoms with E-state index < -0.39 is 17.0 Å². The summed E-state index contributed by atoms with van der Waals surface area (Å²) in [6.45, 7) is 1.85. The van der Waals surface area contributed by atoms with Crippen molar-refractivity contribution in [3.05, 3.63) is 103 Å². The Balaban J connectivity index is 1.98. The minimum Gasteiger partial charge on any atom is -0.378 e. The zero-order valence-electron chi connectivity index (χ0n) is 20.5. The maximum atomic E-state index is 13.6. The molecule has 0 bridgehead atoms. The Kier molecular flexibility index (Phi) is 7.42. The molecule has 8 nitrogen and oxygen atoms in total. The van der Waals surface area contributed by atoms with Gasteiger partial charge in [0.2, 0.25) is 0 Å². The van der Waals surface area contributed by atoms with Crippen molar-refractivity contribution in [2.45, 2.75) is 6.92 Å². The molecule has 0 aliphatic heterocycles. The SMILES string of the molecule is Cc1cc(N(C)C)ccc1/N=C(\C(=O)Nc1cc(Cl)ccc1Cl)c1nc(=O)c2ccccc2c(=O)n1C. The number of benzene rings is 3. The molecule has 3 aromatic carbocycles. The number of nitrogens with one attached hydrogen (secondary N) is 1. The van der Waals surface area contributed by atoms with Crippen molar-refractivity contribution in [1.29, 1.82) is 0 Å². The van der Waals surface area contributed by atoms with E-state index in [0.717, 1.165) is 15.8 Å². The zero-order chi connectivity index (χ0) is 26.9. The van der Waals surface area contributed by atoms with Gasteiger partial charge in [0.1, 0.15) is 0 Å². The number of aryl methyl sites for hydroxylation is 1. The largest absolute Gasteiger partial charge is 0.378 e. The number of aromatic nitrogens is 2. The normalized spacial score (nSPS) is 11.5. The van der Waals surface area contributed by atoms with E-state index in [-0.39, 0.29) is 33.0 Å².